The molecule has 2 rings (SSSR count). The second kappa shape index (κ2) is 6.84. The molecule has 0 aromatic heterocycles. The summed E-state index contributed by atoms with van der Waals surface area (Å²) in [6, 6.07) is 17.3. The van der Waals surface area contributed by atoms with Crippen molar-refractivity contribution in [2.45, 2.75) is 26.7 Å². The van der Waals surface area contributed by atoms with Gasteiger partial charge in [-0.25, -0.2) is 5.43 Å². The van der Waals surface area contributed by atoms with Gasteiger partial charge in [-0.1, -0.05) is 56.3 Å². The summed E-state index contributed by atoms with van der Waals surface area (Å²) >= 11 is 0. The molecule has 0 aliphatic heterocycles. The second-order valence-corrected chi connectivity index (χ2v) is 5.28. The number of carbonyl (C=O) groups excluding carboxylic acids is 1. The van der Waals surface area contributed by atoms with Crippen molar-refractivity contribution in [2.75, 3.05) is 0 Å². The third-order valence-electron chi connectivity index (χ3n) is 3.36. The number of amides is 1. The van der Waals surface area contributed by atoms with E-state index >= 15 is 0 Å². The predicted octanol–water partition coefficient (Wildman–Crippen LogP) is 3.96. The second-order valence-electron chi connectivity index (χ2n) is 5.28. The Balaban J connectivity index is 2.05. The number of hydrogen-bond acceptors (Lipinski definition) is 2. The van der Waals surface area contributed by atoms with E-state index in [1.54, 1.807) is 12.1 Å². The van der Waals surface area contributed by atoms with E-state index in [1.807, 2.05) is 37.3 Å². The summed E-state index contributed by atoms with van der Waals surface area (Å²) in [5.41, 5.74) is 6.27. The molecule has 0 heterocycles. The Morgan fingerprint density at radius 1 is 0.952 bits per heavy atom. The molecule has 2 aromatic rings. The number of carbonyl (C=O) groups is 1. The molecule has 0 spiro atoms. The van der Waals surface area contributed by atoms with Gasteiger partial charge in [0.2, 0.25) is 0 Å². The first-order valence-electron chi connectivity index (χ1n) is 7.08. The SMILES string of the molecule is C/C(=N/NC(=O)c1ccccc1)c1ccc(C(C)C)cc1. The highest BCUT2D eigenvalue weighted by molar-refractivity contribution is 6.00. The fourth-order valence-corrected chi connectivity index (χ4v) is 1.96. The quantitative estimate of drug-likeness (QED) is 0.668. The van der Waals surface area contributed by atoms with Gasteiger partial charge in [0.15, 0.2) is 0 Å². The average molecular weight is 280 g/mol. The fraction of sp³-hybridized carbons (Fsp3) is 0.222. The summed E-state index contributed by atoms with van der Waals surface area (Å²) < 4.78 is 0. The zero-order valence-corrected chi connectivity index (χ0v) is 12.6. The molecule has 0 aliphatic carbocycles. The highest BCUT2D eigenvalue weighted by atomic mass is 16.2. The summed E-state index contributed by atoms with van der Waals surface area (Å²) in [7, 11) is 0. The van der Waals surface area contributed by atoms with Crippen LogP contribution >= 0.6 is 0 Å². The molecule has 0 aliphatic rings. The van der Waals surface area contributed by atoms with Crippen LogP contribution in [0.2, 0.25) is 0 Å². The molecule has 3 nitrogen and oxygen atoms in total. The van der Waals surface area contributed by atoms with Crippen LogP contribution in [0.1, 0.15) is 48.2 Å². The molecular weight excluding hydrogens is 260 g/mol. The summed E-state index contributed by atoms with van der Waals surface area (Å²) in [6.45, 7) is 6.21. The molecule has 1 N–H and O–H groups in total. The van der Waals surface area contributed by atoms with Crippen LogP contribution in [0.25, 0.3) is 0 Å². The van der Waals surface area contributed by atoms with E-state index in [-0.39, 0.29) is 5.91 Å². The molecule has 0 bridgehead atoms. The van der Waals surface area contributed by atoms with Crippen molar-refractivity contribution < 1.29 is 4.79 Å². The summed E-state index contributed by atoms with van der Waals surface area (Å²) in [5, 5.41) is 4.16. The molecular formula is C18H20N2O. The first-order chi connectivity index (χ1) is 10.1. The van der Waals surface area contributed by atoms with Gasteiger partial charge in [0.25, 0.3) is 5.91 Å². The van der Waals surface area contributed by atoms with Crippen LogP contribution in [-0.2, 0) is 0 Å². The Morgan fingerprint density at radius 3 is 2.14 bits per heavy atom. The van der Waals surface area contributed by atoms with E-state index in [4.69, 9.17) is 0 Å². The standard InChI is InChI=1S/C18H20N2O/c1-13(2)15-9-11-16(12-10-15)14(3)19-20-18(21)17-7-5-4-6-8-17/h4-13H,1-3H3,(H,20,21)/b19-14-. The maximum absolute atomic E-state index is 11.9. The van der Waals surface area contributed by atoms with Crippen LogP contribution in [0, 0.1) is 0 Å². The zero-order valence-electron chi connectivity index (χ0n) is 12.6. The predicted molar refractivity (Wildman–Crippen MR) is 86.7 cm³/mol. The van der Waals surface area contributed by atoms with E-state index in [0.717, 1.165) is 11.3 Å². The van der Waals surface area contributed by atoms with Crippen molar-refractivity contribution in [1.82, 2.24) is 5.43 Å². The lowest BCUT2D eigenvalue weighted by Gasteiger charge is -2.07. The minimum absolute atomic E-state index is 0.200. The maximum atomic E-state index is 11.9. The fourth-order valence-electron chi connectivity index (χ4n) is 1.96. The van der Waals surface area contributed by atoms with E-state index in [1.165, 1.54) is 5.56 Å². The number of nitrogens with zero attached hydrogens (tertiary/aromatic N) is 1. The van der Waals surface area contributed by atoms with Gasteiger partial charge >= 0.3 is 0 Å². The molecule has 0 saturated heterocycles. The molecule has 0 radical (unpaired) electrons. The molecule has 0 fully saturated rings. The van der Waals surface area contributed by atoms with Crippen LogP contribution < -0.4 is 5.43 Å². The van der Waals surface area contributed by atoms with Crippen LogP contribution in [0.4, 0.5) is 0 Å². The smallest absolute Gasteiger partial charge is 0.267 e. The highest BCUT2D eigenvalue weighted by Gasteiger charge is 2.04. The van der Waals surface area contributed by atoms with Gasteiger partial charge in [0.05, 0.1) is 5.71 Å². The Labute approximate surface area is 125 Å². The number of rotatable bonds is 4. The van der Waals surface area contributed by atoms with Gasteiger partial charge in [-0.15, -0.1) is 0 Å². The molecule has 0 saturated carbocycles. The van der Waals surface area contributed by atoms with Gasteiger partial charge < -0.3 is 0 Å². The minimum atomic E-state index is -0.200. The van der Waals surface area contributed by atoms with Crippen molar-refractivity contribution >= 4 is 11.6 Å². The van der Waals surface area contributed by atoms with Crippen LogP contribution in [0.5, 0.6) is 0 Å². The molecule has 2 aromatic carbocycles. The number of hydrogen-bond donors (Lipinski definition) is 1. The van der Waals surface area contributed by atoms with E-state index in [9.17, 15) is 4.79 Å². The van der Waals surface area contributed by atoms with Crippen molar-refractivity contribution in [3.8, 4) is 0 Å². The Kier molecular flexibility index (Phi) is 4.88. The highest BCUT2D eigenvalue weighted by Crippen LogP contribution is 2.15. The molecule has 1 amide bonds. The van der Waals surface area contributed by atoms with Crippen molar-refractivity contribution in [2.24, 2.45) is 5.10 Å². The van der Waals surface area contributed by atoms with Gasteiger partial charge in [-0.3, -0.25) is 4.79 Å². The first-order valence-corrected chi connectivity index (χ1v) is 7.08. The summed E-state index contributed by atoms with van der Waals surface area (Å²) in [6.07, 6.45) is 0. The minimum Gasteiger partial charge on any atom is -0.267 e. The average Bonchev–Trinajstić information content (AvgIpc) is 2.53. The monoisotopic (exact) mass is 280 g/mol. The molecule has 0 unspecified atom stereocenters. The van der Waals surface area contributed by atoms with Crippen LogP contribution in [0.15, 0.2) is 59.7 Å². The van der Waals surface area contributed by atoms with Gasteiger partial charge in [0.1, 0.15) is 0 Å². The Hall–Kier alpha value is -2.42. The molecule has 3 heteroatoms. The summed E-state index contributed by atoms with van der Waals surface area (Å²) in [4.78, 5) is 11.9. The van der Waals surface area contributed by atoms with Gasteiger partial charge in [-0.05, 0) is 36.1 Å². The maximum Gasteiger partial charge on any atom is 0.271 e. The largest absolute Gasteiger partial charge is 0.271 e. The zero-order chi connectivity index (χ0) is 15.2. The Morgan fingerprint density at radius 2 is 1.57 bits per heavy atom. The van der Waals surface area contributed by atoms with E-state index in [2.05, 4.69) is 36.5 Å². The number of benzene rings is 2. The lowest BCUT2D eigenvalue weighted by atomic mass is 10.0. The third-order valence-corrected chi connectivity index (χ3v) is 3.36. The normalized spacial score (nSPS) is 11.5. The molecule has 21 heavy (non-hydrogen) atoms. The first kappa shape index (κ1) is 15.0. The topological polar surface area (TPSA) is 41.5 Å². The van der Waals surface area contributed by atoms with Crippen LogP contribution in [0.3, 0.4) is 0 Å². The summed E-state index contributed by atoms with van der Waals surface area (Å²) in [5.74, 6) is 0.308. The van der Waals surface area contributed by atoms with Crippen LogP contribution in [-0.4, -0.2) is 11.6 Å². The van der Waals surface area contributed by atoms with Crippen molar-refractivity contribution in [3.05, 3.63) is 71.3 Å². The lowest BCUT2D eigenvalue weighted by molar-refractivity contribution is 0.0955. The van der Waals surface area contributed by atoms with E-state index < -0.39 is 0 Å². The lowest BCUT2D eigenvalue weighted by Crippen LogP contribution is -2.19. The van der Waals surface area contributed by atoms with E-state index in [0.29, 0.717) is 11.5 Å². The number of nitrogens with one attached hydrogen (secondary N) is 1. The third kappa shape index (κ3) is 4.02. The van der Waals surface area contributed by atoms with Gasteiger partial charge in [-0.2, -0.15) is 5.10 Å². The van der Waals surface area contributed by atoms with Gasteiger partial charge in [0, 0.05) is 5.56 Å². The van der Waals surface area contributed by atoms with Crippen molar-refractivity contribution in [1.29, 1.82) is 0 Å². The van der Waals surface area contributed by atoms with Crippen molar-refractivity contribution in [3.63, 3.8) is 0 Å². The Bertz CT molecular complexity index is 628. The number of hydrazone groups is 1. The molecule has 0 atom stereocenters. The molecule has 108 valence electrons.